The maximum Gasteiger partial charge on any atom is 0.272 e. The van der Waals surface area contributed by atoms with Crippen molar-refractivity contribution in [2.24, 2.45) is 38.2 Å². The summed E-state index contributed by atoms with van der Waals surface area (Å²) in [6, 6.07) is 32.8. The van der Waals surface area contributed by atoms with Crippen molar-refractivity contribution in [2.45, 2.75) is 25.7 Å². The summed E-state index contributed by atoms with van der Waals surface area (Å²) in [5, 5.41) is 42.0. The number of nitrogens with one attached hydrogen (secondary N) is 2. The molecule has 0 radical (unpaired) electrons. The van der Waals surface area contributed by atoms with Crippen LogP contribution >= 0.6 is 0 Å². The van der Waals surface area contributed by atoms with Gasteiger partial charge in [0.25, 0.3) is 17.7 Å². The van der Waals surface area contributed by atoms with E-state index >= 15 is 0 Å². The first-order valence-corrected chi connectivity index (χ1v) is 19.8. The van der Waals surface area contributed by atoms with Crippen LogP contribution in [0.4, 0.5) is 11.4 Å². The Labute approximate surface area is 358 Å². The Kier molecular flexibility index (Phi) is 16.7. The SMILES string of the molecule is CN(CCCC1CC1)C(=O)c1cccc(N=N/C(C(=O)NCCNC(=O)/C(N=Nc2cccc(C=O)c2)=C(/c2ccccc2)C(C#N)C=O)=C(\c2ccccc2)C(C#N)C=O)c1. The molecule has 0 heterocycles. The number of benzene rings is 4. The number of hydrogen-bond donors (Lipinski definition) is 2. The lowest BCUT2D eigenvalue weighted by Gasteiger charge is -2.17. The average Bonchev–Trinajstić information content (AvgIpc) is 4.15. The van der Waals surface area contributed by atoms with Crippen molar-refractivity contribution in [3.05, 3.63) is 143 Å². The highest BCUT2D eigenvalue weighted by atomic mass is 16.2. The molecular weight excluding hydrogens is 787 g/mol. The van der Waals surface area contributed by atoms with E-state index in [2.05, 4.69) is 31.1 Å². The van der Waals surface area contributed by atoms with E-state index in [4.69, 9.17) is 0 Å². The third-order valence-electron chi connectivity index (χ3n) is 9.76. The fourth-order valence-electron chi connectivity index (χ4n) is 6.37. The number of aldehydes is 3. The molecule has 0 saturated heterocycles. The zero-order valence-corrected chi connectivity index (χ0v) is 33.9. The summed E-state index contributed by atoms with van der Waals surface area (Å²) >= 11 is 0. The van der Waals surface area contributed by atoms with Crippen molar-refractivity contribution in [3.63, 3.8) is 0 Å². The van der Waals surface area contributed by atoms with Crippen molar-refractivity contribution >= 4 is 59.1 Å². The predicted molar refractivity (Wildman–Crippen MR) is 229 cm³/mol. The number of amides is 3. The summed E-state index contributed by atoms with van der Waals surface area (Å²) in [4.78, 5) is 78.5. The van der Waals surface area contributed by atoms with Crippen molar-refractivity contribution in [3.8, 4) is 12.1 Å². The van der Waals surface area contributed by atoms with Gasteiger partial charge in [-0.15, -0.1) is 10.2 Å². The second-order valence-electron chi connectivity index (χ2n) is 14.2. The number of nitrogens with zero attached hydrogens (tertiary/aromatic N) is 7. The molecule has 0 spiro atoms. The molecule has 3 amide bonds. The van der Waals surface area contributed by atoms with E-state index < -0.39 is 23.7 Å². The molecule has 2 atom stereocenters. The Hall–Kier alpha value is -8.04. The summed E-state index contributed by atoms with van der Waals surface area (Å²) in [6.07, 6.45) is 5.83. The first-order chi connectivity index (χ1) is 30.2. The quantitative estimate of drug-likeness (QED) is 0.0372. The highest BCUT2D eigenvalue weighted by molar-refractivity contribution is 6.05. The molecule has 5 rings (SSSR count). The summed E-state index contributed by atoms with van der Waals surface area (Å²) in [7, 11) is 1.73. The molecule has 1 aliphatic rings. The van der Waals surface area contributed by atoms with Crippen LogP contribution in [0.2, 0.25) is 0 Å². The van der Waals surface area contributed by atoms with E-state index in [9.17, 15) is 39.3 Å². The monoisotopic (exact) mass is 829 g/mol. The number of rotatable bonds is 21. The largest absolute Gasteiger partial charge is 0.349 e. The predicted octanol–water partition coefficient (Wildman–Crippen LogP) is 7.36. The molecule has 4 aromatic carbocycles. The molecule has 15 nitrogen and oxygen atoms in total. The topological polar surface area (TPSA) is 227 Å². The Balaban J connectivity index is 1.42. The van der Waals surface area contributed by atoms with Crippen LogP contribution in [0.15, 0.2) is 141 Å². The summed E-state index contributed by atoms with van der Waals surface area (Å²) < 4.78 is 0. The molecule has 312 valence electrons. The zero-order valence-electron chi connectivity index (χ0n) is 33.9. The molecule has 1 fully saturated rings. The van der Waals surface area contributed by atoms with E-state index in [1.807, 2.05) is 12.1 Å². The standard InChI is InChI=1S/C47H43N9O6/c1-56(24-10-12-32-20-21-32)47(62)36-17-9-19-40(26-36)53-55-44(42(38(28-49)31-59)35-15-6-3-7-16-35)46(61)51-23-22-50-45(60)43(54-52-39-18-8-11-33(25-39)29-57)41(37(27-48)30-58)34-13-4-2-5-14-34/h2-9,11,13-19,25-26,29-32,37-38H,10,12,20-24H2,1H3,(H,50,60)(H,51,61)/b43-41+,44-42+,54-52?,55-53?. The van der Waals surface area contributed by atoms with Gasteiger partial charge in [0.2, 0.25) is 0 Å². The number of hydrogen-bond acceptors (Lipinski definition) is 12. The first-order valence-electron chi connectivity index (χ1n) is 19.8. The van der Waals surface area contributed by atoms with Crippen LogP contribution in [0.5, 0.6) is 0 Å². The molecule has 4 aromatic rings. The Bertz CT molecular complexity index is 2480. The van der Waals surface area contributed by atoms with Crippen LogP contribution in [0.3, 0.4) is 0 Å². The van der Waals surface area contributed by atoms with Crippen molar-refractivity contribution in [1.29, 1.82) is 10.5 Å². The van der Waals surface area contributed by atoms with Crippen LogP contribution < -0.4 is 10.6 Å². The van der Waals surface area contributed by atoms with Crippen molar-refractivity contribution in [2.75, 3.05) is 26.7 Å². The summed E-state index contributed by atoms with van der Waals surface area (Å²) in [5.41, 5.74) is 1.04. The number of carbonyl (C=O) groups is 6. The molecule has 15 heteroatoms. The van der Waals surface area contributed by atoms with Gasteiger partial charge >= 0.3 is 0 Å². The van der Waals surface area contributed by atoms with E-state index in [0.29, 0.717) is 47.7 Å². The minimum absolute atomic E-state index is 0.0239. The van der Waals surface area contributed by atoms with Crippen LogP contribution in [0.1, 0.15) is 57.5 Å². The van der Waals surface area contributed by atoms with Gasteiger partial charge in [-0.05, 0) is 60.2 Å². The smallest absolute Gasteiger partial charge is 0.272 e. The van der Waals surface area contributed by atoms with Gasteiger partial charge in [0.15, 0.2) is 11.4 Å². The van der Waals surface area contributed by atoms with E-state index in [1.165, 1.54) is 25.0 Å². The minimum Gasteiger partial charge on any atom is -0.349 e. The maximum absolute atomic E-state index is 14.0. The summed E-state index contributed by atoms with van der Waals surface area (Å²) in [6.45, 7) is 0.161. The number of azo groups is 2. The second kappa shape index (κ2) is 22.9. The highest BCUT2D eigenvalue weighted by Crippen LogP contribution is 2.34. The Morgan fingerprint density at radius 3 is 1.65 bits per heavy atom. The van der Waals surface area contributed by atoms with Gasteiger partial charge in [0.1, 0.15) is 30.7 Å². The van der Waals surface area contributed by atoms with Gasteiger partial charge < -0.3 is 25.1 Å². The lowest BCUT2D eigenvalue weighted by molar-refractivity contribution is -0.119. The fraction of sp³-hybridized carbons (Fsp3) is 0.234. The summed E-state index contributed by atoms with van der Waals surface area (Å²) in [5.74, 6) is -3.99. The first kappa shape index (κ1) is 45.1. The Morgan fingerprint density at radius 2 is 1.18 bits per heavy atom. The molecular formula is C47H43N9O6. The molecule has 0 aliphatic heterocycles. The zero-order chi connectivity index (χ0) is 44.3. The molecule has 0 bridgehead atoms. The Morgan fingerprint density at radius 1 is 0.694 bits per heavy atom. The maximum atomic E-state index is 14.0. The van der Waals surface area contributed by atoms with Crippen LogP contribution in [-0.2, 0) is 19.2 Å². The highest BCUT2D eigenvalue weighted by Gasteiger charge is 2.27. The molecule has 2 unspecified atom stereocenters. The molecule has 2 N–H and O–H groups in total. The lowest BCUT2D eigenvalue weighted by atomic mass is 9.92. The van der Waals surface area contributed by atoms with Gasteiger partial charge in [-0.1, -0.05) is 91.7 Å². The van der Waals surface area contributed by atoms with Crippen LogP contribution in [-0.4, -0.2) is 68.2 Å². The average molecular weight is 830 g/mol. The fourth-order valence-corrected chi connectivity index (χ4v) is 6.37. The number of carbonyl (C=O) groups excluding carboxylic acids is 6. The number of allylic oxidation sites excluding steroid dienone is 2. The molecule has 0 aromatic heterocycles. The number of nitriles is 2. The van der Waals surface area contributed by atoms with Crippen LogP contribution in [0.25, 0.3) is 11.1 Å². The van der Waals surface area contributed by atoms with E-state index in [-0.39, 0.29) is 52.9 Å². The van der Waals surface area contributed by atoms with Crippen molar-refractivity contribution in [1.82, 2.24) is 15.5 Å². The van der Waals surface area contributed by atoms with Crippen molar-refractivity contribution < 1.29 is 28.8 Å². The van der Waals surface area contributed by atoms with Gasteiger partial charge in [-0.2, -0.15) is 20.8 Å². The molecule has 1 saturated carbocycles. The second-order valence-corrected chi connectivity index (χ2v) is 14.2. The van der Waals surface area contributed by atoms with Gasteiger partial charge in [0, 0.05) is 49.0 Å². The third kappa shape index (κ3) is 12.5. The van der Waals surface area contributed by atoms with Gasteiger partial charge in [-0.3, -0.25) is 19.2 Å². The normalized spacial score (nSPS) is 14.0. The minimum atomic E-state index is -1.43. The van der Waals surface area contributed by atoms with Gasteiger partial charge in [0.05, 0.1) is 23.5 Å². The van der Waals surface area contributed by atoms with E-state index in [0.717, 1.165) is 18.8 Å². The molecule has 62 heavy (non-hydrogen) atoms. The van der Waals surface area contributed by atoms with Crippen LogP contribution in [0, 0.1) is 40.4 Å². The third-order valence-corrected chi connectivity index (χ3v) is 9.76. The lowest BCUT2D eigenvalue weighted by Crippen LogP contribution is -2.36. The van der Waals surface area contributed by atoms with E-state index in [1.54, 1.807) is 109 Å². The molecule has 1 aliphatic carbocycles. The van der Waals surface area contributed by atoms with Gasteiger partial charge in [-0.25, -0.2) is 0 Å².